The molecule has 0 aromatic heterocycles. The Bertz CT molecular complexity index is 1200. The van der Waals surface area contributed by atoms with Crippen molar-refractivity contribution < 1.29 is 44.6 Å². The molecule has 0 aromatic rings. The first-order valence-corrected chi connectivity index (χ1v) is 17.0. The lowest BCUT2D eigenvalue weighted by molar-refractivity contribution is -0.298. The summed E-state index contributed by atoms with van der Waals surface area (Å²) in [6, 6.07) is 0. The Labute approximate surface area is 268 Å². The molecular formula is C36H56O9. The predicted octanol–water partition coefficient (Wildman–Crippen LogP) is 4.61. The van der Waals surface area contributed by atoms with E-state index in [1.54, 1.807) is 0 Å². The van der Waals surface area contributed by atoms with Crippen LogP contribution in [0.3, 0.4) is 0 Å². The number of hydrogen-bond donors (Lipinski definition) is 5. The summed E-state index contributed by atoms with van der Waals surface area (Å²) in [4.78, 5) is 26.2. The Hall–Kier alpha value is -1.78. The summed E-state index contributed by atoms with van der Waals surface area (Å²) in [7, 11) is 0. The highest BCUT2D eigenvalue weighted by Crippen LogP contribution is 2.76. The van der Waals surface area contributed by atoms with E-state index >= 15 is 0 Å². The van der Waals surface area contributed by atoms with E-state index in [-0.39, 0.29) is 46.3 Å². The van der Waals surface area contributed by atoms with Crippen LogP contribution < -0.4 is 0 Å². The number of carboxylic acid groups (broad SMARTS) is 1. The van der Waals surface area contributed by atoms with Gasteiger partial charge in [0.15, 0.2) is 0 Å². The van der Waals surface area contributed by atoms with Gasteiger partial charge in [-0.2, -0.15) is 0 Å². The number of esters is 1. The second kappa shape index (κ2) is 12.0. The van der Waals surface area contributed by atoms with E-state index in [4.69, 9.17) is 9.47 Å². The van der Waals surface area contributed by atoms with Crippen molar-refractivity contribution in [2.45, 2.75) is 130 Å². The lowest BCUT2D eigenvalue weighted by Gasteiger charge is -2.70. The molecule has 0 spiro atoms. The summed E-state index contributed by atoms with van der Waals surface area (Å²) < 4.78 is 11.5. The van der Waals surface area contributed by atoms with Gasteiger partial charge in [-0.3, -0.25) is 9.59 Å². The first kappa shape index (κ1) is 34.6. The van der Waals surface area contributed by atoms with Gasteiger partial charge in [0, 0.05) is 6.42 Å². The van der Waals surface area contributed by atoms with Crippen LogP contribution in [-0.4, -0.2) is 74.8 Å². The van der Waals surface area contributed by atoms with Gasteiger partial charge in [0.1, 0.15) is 24.4 Å². The third kappa shape index (κ3) is 5.14. The Kier molecular flexibility index (Phi) is 9.24. The zero-order valence-electron chi connectivity index (χ0n) is 27.8. The topological polar surface area (TPSA) is 154 Å². The monoisotopic (exact) mass is 632 g/mol. The summed E-state index contributed by atoms with van der Waals surface area (Å²) in [6.07, 6.45) is 0.0544. The van der Waals surface area contributed by atoms with Crippen LogP contribution in [0.1, 0.15) is 98.8 Å². The van der Waals surface area contributed by atoms with Crippen LogP contribution >= 0.6 is 0 Å². The van der Waals surface area contributed by atoms with Crippen molar-refractivity contribution in [3.8, 4) is 0 Å². The molecule has 1 aliphatic heterocycles. The number of carboxylic acids is 1. The SMILES string of the molecule is C=C(C)C1CC[C@]2(C)C(CCC3C4[C@H](C(=C)C)CCC4(C(=O)O[C@H]4O[C@@H](CO)[C@H](O)[C@@H](O)[C@@H]4O)CC[C@]32C)[C@@]1(C)CCC(=O)O. The van der Waals surface area contributed by atoms with E-state index in [0.29, 0.717) is 25.2 Å². The summed E-state index contributed by atoms with van der Waals surface area (Å²) in [5, 5.41) is 50.6. The van der Waals surface area contributed by atoms with Gasteiger partial charge in [0.2, 0.25) is 6.29 Å². The van der Waals surface area contributed by atoms with Crippen LogP contribution in [0.2, 0.25) is 0 Å². The number of aliphatic hydroxyl groups excluding tert-OH is 4. The Morgan fingerprint density at radius 3 is 2.16 bits per heavy atom. The van der Waals surface area contributed by atoms with E-state index in [9.17, 15) is 35.1 Å². The highest BCUT2D eigenvalue weighted by molar-refractivity contribution is 5.78. The summed E-state index contributed by atoms with van der Waals surface area (Å²) in [5.41, 5.74) is 1.02. The molecule has 14 atom stereocenters. The largest absolute Gasteiger partial charge is 0.481 e. The number of aliphatic carboxylic acids is 1. The van der Waals surface area contributed by atoms with E-state index in [1.807, 2.05) is 6.92 Å². The highest BCUT2D eigenvalue weighted by atomic mass is 16.7. The van der Waals surface area contributed by atoms with Crippen LogP contribution in [0.5, 0.6) is 0 Å². The number of aliphatic hydroxyl groups is 4. The van der Waals surface area contributed by atoms with Gasteiger partial charge in [-0.1, -0.05) is 45.1 Å². The summed E-state index contributed by atoms with van der Waals surface area (Å²) in [5.74, 6) is -0.314. The molecule has 0 bridgehead atoms. The molecule has 254 valence electrons. The molecule has 5 fully saturated rings. The van der Waals surface area contributed by atoms with Crippen molar-refractivity contribution in [2.75, 3.05) is 6.61 Å². The number of rotatable bonds is 8. The van der Waals surface area contributed by atoms with E-state index in [1.165, 1.54) is 0 Å². The van der Waals surface area contributed by atoms with Gasteiger partial charge in [-0.05, 0) is 117 Å². The van der Waals surface area contributed by atoms with Crippen LogP contribution in [0.15, 0.2) is 24.3 Å². The van der Waals surface area contributed by atoms with Crippen LogP contribution in [0.25, 0.3) is 0 Å². The molecule has 4 saturated carbocycles. The molecule has 4 aliphatic carbocycles. The number of fused-ring (bicyclic) bond motifs is 5. The molecule has 0 aromatic carbocycles. The number of carbonyl (C=O) groups excluding carboxylic acids is 1. The normalized spacial score (nSPS) is 49.3. The molecule has 45 heavy (non-hydrogen) atoms. The summed E-state index contributed by atoms with van der Waals surface area (Å²) in [6.45, 7) is 19.4. The second-order valence-corrected chi connectivity index (χ2v) is 16.2. The molecule has 1 saturated heterocycles. The smallest absolute Gasteiger partial charge is 0.314 e. The first-order valence-electron chi connectivity index (χ1n) is 17.0. The molecule has 9 nitrogen and oxygen atoms in total. The van der Waals surface area contributed by atoms with Crippen LogP contribution in [0, 0.1) is 51.2 Å². The van der Waals surface area contributed by atoms with E-state index in [2.05, 4.69) is 40.9 Å². The average Bonchev–Trinajstić information content (AvgIpc) is 3.38. The zero-order valence-corrected chi connectivity index (χ0v) is 27.8. The highest BCUT2D eigenvalue weighted by Gasteiger charge is 2.71. The molecular weight excluding hydrogens is 576 g/mol. The standard InChI is InChI=1S/C36H56O9/c1-19(2)21-10-15-36(32(43)45-31-30(42)29(41)28(40)24(18-37)44-31)17-16-34(6)23(27(21)36)8-9-25-33(5,13-12-26(38)39)22(20(3)4)11-14-35(25,34)7/h21-25,27-31,37,40-42H,1,3,8-18H2,2,4-7H3,(H,38,39)/t21-,22?,23?,24-,25?,27?,28-,29+,30-,31+,33-,34+,35+,36?/m0/s1. The number of allylic oxidation sites excluding steroid dienone is 2. The van der Waals surface area contributed by atoms with E-state index in [0.717, 1.165) is 49.7 Å². The van der Waals surface area contributed by atoms with Gasteiger partial charge in [-0.25, -0.2) is 0 Å². The fourth-order valence-electron chi connectivity index (χ4n) is 11.8. The zero-order chi connectivity index (χ0) is 33.3. The molecule has 0 amide bonds. The minimum Gasteiger partial charge on any atom is -0.481 e. The molecule has 5 unspecified atom stereocenters. The predicted molar refractivity (Wildman–Crippen MR) is 167 cm³/mol. The summed E-state index contributed by atoms with van der Waals surface area (Å²) >= 11 is 0. The van der Waals surface area contributed by atoms with Gasteiger partial charge in [-0.15, -0.1) is 0 Å². The van der Waals surface area contributed by atoms with Crippen molar-refractivity contribution >= 4 is 11.9 Å². The minimum atomic E-state index is -1.64. The van der Waals surface area contributed by atoms with Gasteiger partial charge >= 0.3 is 11.9 Å². The molecule has 5 aliphatic rings. The third-order valence-electron chi connectivity index (χ3n) is 14.3. The van der Waals surface area contributed by atoms with Crippen LogP contribution in [0.4, 0.5) is 0 Å². The number of ether oxygens (including phenoxy) is 2. The fourth-order valence-corrected chi connectivity index (χ4v) is 11.8. The Morgan fingerprint density at radius 1 is 0.867 bits per heavy atom. The quantitative estimate of drug-likeness (QED) is 0.191. The minimum absolute atomic E-state index is 0.0203. The molecule has 5 rings (SSSR count). The maximum absolute atomic E-state index is 14.4. The van der Waals surface area contributed by atoms with Gasteiger partial charge < -0.3 is 35.0 Å². The lowest BCUT2D eigenvalue weighted by Crippen LogP contribution is -2.65. The van der Waals surface area contributed by atoms with Gasteiger partial charge in [0.25, 0.3) is 0 Å². The van der Waals surface area contributed by atoms with Crippen molar-refractivity contribution in [1.29, 1.82) is 0 Å². The van der Waals surface area contributed by atoms with Crippen molar-refractivity contribution in [2.24, 2.45) is 51.2 Å². The van der Waals surface area contributed by atoms with Crippen molar-refractivity contribution in [3.05, 3.63) is 24.3 Å². The van der Waals surface area contributed by atoms with Crippen LogP contribution in [-0.2, 0) is 19.1 Å². The molecule has 9 heteroatoms. The lowest BCUT2D eigenvalue weighted by atomic mass is 9.34. The maximum atomic E-state index is 14.4. The molecule has 1 heterocycles. The second-order valence-electron chi connectivity index (χ2n) is 16.2. The van der Waals surface area contributed by atoms with Gasteiger partial charge in [0.05, 0.1) is 12.0 Å². The Balaban J connectivity index is 1.49. The average molecular weight is 633 g/mol. The van der Waals surface area contributed by atoms with E-state index < -0.39 is 54.7 Å². The third-order valence-corrected chi connectivity index (χ3v) is 14.3. The fraction of sp³-hybridized carbons (Fsp3) is 0.833. The number of hydrogen-bond acceptors (Lipinski definition) is 8. The van der Waals surface area contributed by atoms with Crippen molar-refractivity contribution in [1.82, 2.24) is 0 Å². The molecule has 5 N–H and O–H groups in total. The first-order chi connectivity index (χ1) is 21.0. The maximum Gasteiger partial charge on any atom is 0.314 e. The van der Waals surface area contributed by atoms with Crippen molar-refractivity contribution in [3.63, 3.8) is 0 Å². The number of carbonyl (C=O) groups is 2. The Morgan fingerprint density at radius 2 is 1.56 bits per heavy atom. The molecule has 0 radical (unpaired) electrons.